The van der Waals surface area contributed by atoms with Crippen molar-refractivity contribution in [2.24, 2.45) is 0 Å². The van der Waals surface area contributed by atoms with Gasteiger partial charge in [0.05, 0.1) is 5.69 Å². The van der Waals surface area contributed by atoms with E-state index in [0.29, 0.717) is 17.9 Å². The molecule has 0 bridgehead atoms. The number of amides is 2. The minimum absolute atomic E-state index is 0.0391. The number of unbranched alkanes of at least 4 members (excludes halogenated alkanes) is 3. The van der Waals surface area contributed by atoms with E-state index in [0.717, 1.165) is 62.9 Å². The maximum atomic E-state index is 13.8. The fourth-order valence-electron chi connectivity index (χ4n) is 4.90. The molecule has 6 nitrogen and oxygen atoms in total. The second-order valence-corrected chi connectivity index (χ2v) is 10.1. The van der Waals surface area contributed by atoms with Crippen LogP contribution in [0.25, 0.3) is 0 Å². The van der Waals surface area contributed by atoms with E-state index in [1.54, 1.807) is 0 Å². The van der Waals surface area contributed by atoms with Crippen molar-refractivity contribution in [2.45, 2.75) is 97.8 Å². The number of benzene rings is 1. The Hall–Kier alpha value is -2.08. The first-order valence-corrected chi connectivity index (χ1v) is 12.4. The fourth-order valence-corrected chi connectivity index (χ4v) is 4.90. The summed E-state index contributed by atoms with van der Waals surface area (Å²) in [6.07, 6.45) is 6.43. The molecule has 0 unspecified atom stereocenters. The average Bonchev–Trinajstić information content (AvgIpc) is 2.73. The van der Waals surface area contributed by atoms with Crippen LogP contribution < -0.4 is 15.0 Å². The summed E-state index contributed by atoms with van der Waals surface area (Å²) in [5.74, 6) is 0.688. The molecule has 178 valence electrons. The molecule has 2 aliphatic heterocycles. The van der Waals surface area contributed by atoms with Gasteiger partial charge in [-0.05, 0) is 78.1 Å². The third kappa shape index (κ3) is 5.11. The minimum Gasteiger partial charge on any atom is -0.476 e. The SMILES string of the molecule is CCCCCCN1C(=O)C(C)(C)Oc2cc(C)c(C(=O)N(C(C)C)[C@@H]3CCCNC3)cc21. The molecule has 6 heteroatoms. The van der Waals surface area contributed by atoms with E-state index in [2.05, 4.69) is 26.1 Å². The molecular weight excluding hydrogens is 402 g/mol. The molecule has 1 atom stereocenters. The monoisotopic (exact) mass is 443 g/mol. The molecule has 0 radical (unpaired) electrons. The normalized spacial score (nSPS) is 20.2. The largest absolute Gasteiger partial charge is 0.476 e. The van der Waals surface area contributed by atoms with Crippen molar-refractivity contribution in [3.05, 3.63) is 23.3 Å². The summed E-state index contributed by atoms with van der Waals surface area (Å²) in [5, 5.41) is 3.43. The number of fused-ring (bicyclic) bond motifs is 1. The van der Waals surface area contributed by atoms with E-state index >= 15 is 0 Å². The standard InChI is InChI=1S/C26H41N3O3/c1-7-8-9-10-14-28-22-16-21(19(4)15-23(22)32-26(5,6)25(28)31)24(30)29(18(2)3)20-12-11-13-27-17-20/h15-16,18,20,27H,7-14,17H2,1-6H3/t20-/m1/s1. The Labute approximate surface area is 193 Å². The maximum Gasteiger partial charge on any atom is 0.270 e. The lowest BCUT2D eigenvalue weighted by molar-refractivity contribution is -0.132. The smallest absolute Gasteiger partial charge is 0.270 e. The summed E-state index contributed by atoms with van der Waals surface area (Å²) in [6.45, 7) is 14.4. The second-order valence-electron chi connectivity index (χ2n) is 10.1. The second kappa shape index (κ2) is 10.2. The highest BCUT2D eigenvalue weighted by Gasteiger charge is 2.41. The zero-order valence-corrected chi connectivity index (χ0v) is 20.8. The van der Waals surface area contributed by atoms with E-state index in [4.69, 9.17) is 4.74 Å². The van der Waals surface area contributed by atoms with Crippen LogP contribution in [-0.2, 0) is 4.79 Å². The van der Waals surface area contributed by atoms with Gasteiger partial charge >= 0.3 is 0 Å². The third-order valence-electron chi connectivity index (χ3n) is 6.64. The van der Waals surface area contributed by atoms with Crippen LogP contribution >= 0.6 is 0 Å². The van der Waals surface area contributed by atoms with Gasteiger partial charge in [-0.2, -0.15) is 0 Å². The Morgan fingerprint density at radius 2 is 2.03 bits per heavy atom. The Kier molecular flexibility index (Phi) is 7.86. The first-order valence-electron chi connectivity index (χ1n) is 12.4. The van der Waals surface area contributed by atoms with Crippen molar-refractivity contribution in [2.75, 3.05) is 24.5 Å². The molecule has 32 heavy (non-hydrogen) atoms. The molecule has 3 rings (SSSR count). The van der Waals surface area contributed by atoms with Crippen LogP contribution in [0.5, 0.6) is 5.75 Å². The van der Waals surface area contributed by atoms with Gasteiger partial charge in [-0.15, -0.1) is 0 Å². The molecule has 2 aliphatic rings. The molecular formula is C26H41N3O3. The van der Waals surface area contributed by atoms with E-state index in [9.17, 15) is 9.59 Å². The van der Waals surface area contributed by atoms with Crippen molar-refractivity contribution in [3.8, 4) is 5.75 Å². The molecule has 1 aromatic carbocycles. The molecule has 0 aliphatic carbocycles. The highest BCUT2D eigenvalue weighted by molar-refractivity contribution is 6.05. The number of hydrogen-bond donors (Lipinski definition) is 1. The number of carbonyl (C=O) groups is 2. The predicted molar refractivity (Wildman–Crippen MR) is 130 cm³/mol. The Morgan fingerprint density at radius 3 is 2.66 bits per heavy atom. The molecule has 2 heterocycles. The van der Waals surface area contributed by atoms with Crippen molar-refractivity contribution in [3.63, 3.8) is 0 Å². The quantitative estimate of drug-likeness (QED) is 0.593. The van der Waals surface area contributed by atoms with Crippen molar-refractivity contribution < 1.29 is 14.3 Å². The first kappa shape index (κ1) is 24.6. The summed E-state index contributed by atoms with van der Waals surface area (Å²) in [6, 6.07) is 4.12. The zero-order chi connectivity index (χ0) is 23.5. The van der Waals surface area contributed by atoms with E-state index in [1.165, 1.54) is 0 Å². The van der Waals surface area contributed by atoms with Crippen molar-refractivity contribution in [1.29, 1.82) is 0 Å². The molecule has 1 aromatic rings. The molecule has 0 aromatic heterocycles. The number of ether oxygens (including phenoxy) is 1. The summed E-state index contributed by atoms with van der Waals surface area (Å²) < 4.78 is 6.10. The van der Waals surface area contributed by atoms with Crippen molar-refractivity contribution in [1.82, 2.24) is 10.2 Å². The van der Waals surface area contributed by atoms with Gasteiger partial charge in [0.2, 0.25) is 0 Å². The van der Waals surface area contributed by atoms with Gasteiger partial charge in [0.1, 0.15) is 5.75 Å². The number of rotatable bonds is 8. The van der Waals surface area contributed by atoms with Gasteiger partial charge in [0.25, 0.3) is 11.8 Å². The molecule has 1 N–H and O–H groups in total. The lowest BCUT2D eigenvalue weighted by Gasteiger charge is -2.40. The highest BCUT2D eigenvalue weighted by atomic mass is 16.5. The Balaban J connectivity index is 1.96. The molecule has 0 spiro atoms. The zero-order valence-electron chi connectivity index (χ0n) is 20.8. The van der Waals surface area contributed by atoms with Crippen molar-refractivity contribution >= 4 is 17.5 Å². The van der Waals surface area contributed by atoms with Gasteiger partial charge in [-0.3, -0.25) is 9.59 Å². The van der Waals surface area contributed by atoms with Crippen LogP contribution in [0, 0.1) is 6.92 Å². The summed E-state index contributed by atoms with van der Waals surface area (Å²) >= 11 is 0. The summed E-state index contributed by atoms with van der Waals surface area (Å²) in [5.41, 5.74) is 1.37. The molecule has 1 fully saturated rings. The lowest BCUT2D eigenvalue weighted by atomic mass is 9.97. The van der Waals surface area contributed by atoms with Gasteiger partial charge in [-0.1, -0.05) is 26.2 Å². The number of hydrogen-bond acceptors (Lipinski definition) is 4. The van der Waals surface area contributed by atoms with E-state index in [1.807, 2.05) is 42.7 Å². The maximum absolute atomic E-state index is 13.8. The van der Waals surface area contributed by atoms with Crippen LogP contribution in [0.1, 0.15) is 89.1 Å². The first-order chi connectivity index (χ1) is 15.2. The van der Waals surface area contributed by atoms with Gasteiger partial charge in [-0.25, -0.2) is 0 Å². The van der Waals surface area contributed by atoms with Crippen LogP contribution in [0.4, 0.5) is 5.69 Å². The average molecular weight is 444 g/mol. The van der Waals surface area contributed by atoms with Gasteiger partial charge in [0, 0.05) is 30.7 Å². The van der Waals surface area contributed by atoms with E-state index < -0.39 is 5.60 Å². The number of carbonyl (C=O) groups excluding carboxylic acids is 2. The predicted octanol–water partition coefficient (Wildman–Crippen LogP) is 4.68. The lowest BCUT2D eigenvalue weighted by Crippen LogP contribution is -2.53. The highest BCUT2D eigenvalue weighted by Crippen LogP contribution is 2.40. The number of piperidine rings is 1. The molecule has 2 amide bonds. The Bertz CT molecular complexity index is 828. The summed E-state index contributed by atoms with van der Waals surface area (Å²) in [4.78, 5) is 30.8. The number of aryl methyl sites for hydroxylation is 1. The number of anilines is 1. The minimum atomic E-state index is -0.909. The van der Waals surface area contributed by atoms with E-state index in [-0.39, 0.29) is 23.9 Å². The van der Waals surface area contributed by atoms with Crippen LogP contribution in [0.15, 0.2) is 12.1 Å². The molecule has 0 saturated carbocycles. The van der Waals surface area contributed by atoms with Crippen LogP contribution in [0.2, 0.25) is 0 Å². The summed E-state index contributed by atoms with van der Waals surface area (Å²) in [7, 11) is 0. The van der Waals surface area contributed by atoms with Gasteiger partial charge < -0.3 is 19.9 Å². The fraction of sp³-hybridized carbons (Fsp3) is 0.692. The van der Waals surface area contributed by atoms with Crippen LogP contribution in [-0.4, -0.2) is 54.0 Å². The third-order valence-corrected chi connectivity index (χ3v) is 6.64. The number of nitrogens with one attached hydrogen (secondary N) is 1. The van der Waals surface area contributed by atoms with Gasteiger partial charge in [0.15, 0.2) is 5.60 Å². The Morgan fingerprint density at radius 1 is 1.28 bits per heavy atom. The topological polar surface area (TPSA) is 61.9 Å². The molecule has 1 saturated heterocycles. The van der Waals surface area contributed by atoms with Crippen LogP contribution in [0.3, 0.4) is 0 Å². The number of nitrogens with zero attached hydrogens (tertiary/aromatic N) is 2.